The summed E-state index contributed by atoms with van der Waals surface area (Å²) in [4.78, 5) is 0. The van der Waals surface area contributed by atoms with Crippen LogP contribution in [0.1, 0.15) is 31.0 Å². The molecule has 15 heavy (non-hydrogen) atoms. The monoisotopic (exact) mass is 271 g/mol. The molecule has 1 aromatic rings. The van der Waals surface area contributed by atoms with Crippen LogP contribution in [0.4, 0.5) is 4.39 Å². The van der Waals surface area contributed by atoms with Crippen molar-refractivity contribution in [2.75, 3.05) is 6.54 Å². The Morgan fingerprint density at radius 3 is 2.60 bits per heavy atom. The normalized spacial score (nSPS) is 23.7. The first kappa shape index (κ1) is 11.1. The highest BCUT2D eigenvalue weighted by molar-refractivity contribution is 9.10. The van der Waals surface area contributed by atoms with E-state index in [9.17, 15) is 4.39 Å². The Morgan fingerprint density at radius 1 is 1.27 bits per heavy atom. The summed E-state index contributed by atoms with van der Waals surface area (Å²) in [5, 5.41) is 3.25. The molecule has 0 aromatic heterocycles. The fourth-order valence-electron chi connectivity index (χ4n) is 2.01. The van der Waals surface area contributed by atoms with Gasteiger partial charge >= 0.3 is 0 Å². The van der Waals surface area contributed by atoms with E-state index >= 15 is 0 Å². The third kappa shape index (κ3) is 2.79. The molecule has 1 aromatic carbocycles. The molecule has 2 rings (SSSR count). The molecule has 1 aliphatic rings. The van der Waals surface area contributed by atoms with Gasteiger partial charge in [-0.15, -0.1) is 0 Å². The molecule has 1 nitrogen and oxygen atoms in total. The zero-order valence-corrected chi connectivity index (χ0v) is 10.1. The zero-order chi connectivity index (χ0) is 10.7. The van der Waals surface area contributed by atoms with Gasteiger partial charge in [-0.1, -0.05) is 34.5 Å². The van der Waals surface area contributed by atoms with Crippen LogP contribution in [0.3, 0.4) is 0 Å². The summed E-state index contributed by atoms with van der Waals surface area (Å²) >= 11 is 3.35. The lowest BCUT2D eigenvalue weighted by Crippen LogP contribution is -2.37. The van der Waals surface area contributed by atoms with E-state index in [1.807, 2.05) is 24.3 Å². The van der Waals surface area contributed by atoms with Crippen molar-refractivity contribution < 1.29 is 4.39 Å². The predicted octanol–water partition coefficient (Wildman–Crippen LogP) is 3.60. The standard InChI is InChI=1S/C12H15BrFN/c13-10-6-4-9(5-7-10)12(14)11-3-1-2-8-15-11/h4-7,11-12,15H,1-3,8H2. The average molecular weight is 272 g/mol. The fraction of sp³-hybridized carbons (Fsp3) is 0.500. The van der Waals surface area contributed by atoms with Gasteiger partial charge in [-0.2, -0.15) is 0 Å². The number of nitrogens with one attached hydrogen (secondary N) is 1. The van der Waals surface area contributed by atoms with Crippen LogP contribution >= 0.6 is 15.9 Å². The highest BCUT2D eigenvalue weighted by atomic mass is 79.9. The summed E-state index contributed by atoms with van der Waals surface area (Å²) in [6.07, 6.45) is 2.37. The molecule has 0 radical (unpaired) electrons. The van der Waals surface area contributed by atoms with Gasteiger partial charge in [0, 0.05) is 10.5 Å². The van der Waals surface area contributed by atoms with Crippen molar-refractivity contribution in [3.8, 4) is 0 Å². The number of halogens is 2. The lowest BCUT2D eigenvalue weighted by atomic mass is 9.96. The lowest BCUT2D eigenvalue weighted by molar-refractivity contribution is 0.221. The molecule has 2 atom stereocenters. The Morgan fingerprint density at radius 2 is 2.00 bits per heavy atom. The smallest absolute Gasteiger partial charge is 0.140 e. The Bertz CT molecular complexity index is 306. The number of rotatable bonds is 2. The summed E-state index contributed by atoms with van der Waals surface area (Å²) in [6, 6.07) is 7.49. The van der Waals surface area contributed by atoms with E-state index in [-0.39, 0.29) is 6.04 Å². The molecule has 1 fully saturated rings. The minimum Gasteiger partial charge on any atom is -0.311 e. The Kier molecular flexibility index (Phi) is 3.76. The molecule has 0 bridgehead atoms. The van der Waals surface area contributed by atoms with Crippen molar-refractivity contribution in [3.05, 3.63) is 34.3 Å². The lowest BCUT2D eigenvalue weighted by Gasteiger charge is -2.26. The number of hydrogen-bond donors (Lipinski definition) is 1. The van der Waals surface area contributed by atoms with Crippen LogP contribution in [-0.4, -0.2) is 12.6 Å². The van der Waals surface area contributed by atoms with Gasteiger partial charge in [-0.05, 0) is 37.1 Å². The minimum atomic E-state index is -0.876. The van der Waals surface area contributed by atoms with E-state index in [4.69, 9.17) is 0 Å². The largest absolute Gasteiger partial charge is 0.311 e. The number of hydrogen-bond acceptors (Lipinski definition) is 1. The maximum absolute atomic E-state index is 14.1. The average Bonchev–Trinajstić information content (AvgIpc) is 2.30. The summed E-state index contributed by atoms with van der Waals surface area (Å²) < 4.78 is 15.1. The topological polar surface area (TPSA) is 12.0 Å². The molecule has 0 amide bonds. The predicted molar refractivity (Wildman–Crippen MR) is 63.6 cm³/mol. The van der Waals surface area contributed by atoms with E-state index in [0.29, 0.717) is 0 Å². The van der Waals surface area contributed by atoms with Gasteiger partial charge in [0.15, 0.2) is 0 Å². The van der Waals surface area contributed by atoms with E-state index < -0.39 is 6.17 Å². The maximum Gasteiger partial charge on any atom is 0.140 e. The van der Waals surface area contributed by atoms with E-state index in [1.165, 1.54) is 6.42 Å². The number of benzene rings is 1. The summed E-state index contributed by atoms with van der Waals surface area (Å²) in [6.45, 7) is 0.946. The fourth-order valence-corrected chi connectivity index (χ4v) is 2.27. The van der Waals surface area contributed by atoms with Crippen molar-refractivity contribution >= 4 is 15.9 Å². The molecule has 1 aliphatic heterocycles. The second-order valence-electron chi connectivity index (χ2n) is 4.01. The second kappa shape index (κ2) is 5.08. The molecule has 2 unspecified atom stereocenters. The van der Waals surface area contributed by atoms with Crippen LogP contribution in [0.2, 0.25) is 0 Å². The first-order chi connectivity index (χ1) is 7.27. The molecule has 0 saturated carbocycles. The van der Waals surface area contributed by atoms with Gasteiger partial charge in [0.2, 0.25) is 0 Å². The summed E-state index contributed by atoms with van der Waals surface area (Å²) in [7, 11) is 0. The van der Waals surface area contributed by atoms with Crippen molar-refractivity contribution in [3.63, 3.8) is 0 Å². The molecule has 0 aliphatic carbocycles. The van der Waals surface area contributed by atoms with Crippen LogP contribution in [-0.2, 0) is 0 Å². The molecule has 1 saturated heterocycles. The Labute approximate surface area is 98.2 Å². The van der Waals surface area contributed by atoms with Gasteiger partial charge < -0.3 is 5.32 Å². The number of piperidine rings is 1. The third-order valence-corrected chi connectivity index (χ3v) is 3.42. The molecule has 82 valence electrons. The highest BCUT2D eigenvalue weighted by Gasteiger charge is 2.23. The van der Waals surface area contributed by atoms with Gasteiger partial charge in [-0.25, -0.2) is 4.39 Å². The third-order valence-electron chi connectivity index (χ3n) is 2.89. The zero-order valence-electron chi connectivity index (χ0n) is 8.55. The minimum absolute atomic E-state index is 0.0000690. The van der Waals surface area contributed by atoms with E-state index in [0.717, 1.165) is 29.4 Å². The molecule has 1 N–H and O–H groups in total. The van der Waals surface area contributed by atoms with Crippen molar-refractivity contribution in [2.45, 2.75) is 31.5 Å². The Hall–Kier alpha value is -0.410. The summed E-state index contributed by atoms with van der Waals surface area (Å²) in [5.74, 6) is 0. The van der Waals surface area contributed by atoms with Crippen molar-refractivity contribution in [1.29, 1.82) is 0 Å². The quantitative estimate of drug-likeness (QED) is 0.867. The second-order valence-corrected chi connectivity index (χ2v) is 4.93. The van der Waals surface area contributed by atoms with Crippen molar-refractivity contribution in [1.82, 2.24) is 5.32 Å². The van der Waals surface area contributed by atoms with E-state index in [1.54, 1.807) is 0 Å². The van der Waals surface area contributed by atoms with Crippen molar-refractivity contribution in [2.24, 2.45) is 0 Å². The van der Waals surface area contributed by atoms with Crippen LogP contribution < -0.4 is 5.32 Å². The van der Waals surface area contributed by atoms with Crippen LogP contribution in [0.25, 0.3) is 0 Å². The first-order valence-electron chi connectivity index (χ1n) is 5.40. The SMILES string of the molecule is FC(c1ccc(Br)cc1)C1CCCCN1. The summed E-state index contributed by atoms with van der Waals surface area (Å²) in [5.41, 5.74) is 0.776. The van der Waals surface area contributed by atoms with Gasteiger partial charge in [0.05, 0.1) is 0 Å². The molecule has 3 heteroatoms. The molecule has 0 spiro atoms. The molecular weight excluding hydrogens is 257 g/mol. The highest BCUT2D eigenvalue weighted by Crippen LogP contribution is 2.27. The molecule has 1 heterocycles. The van der Waals surface area contributed by atoms with Crippen LogP contribution in [0.15, 0.2) is 28.7 Å². The van der Waals surface area contributed by atoms with Crippen LogP contribution in [0, 0.1) is 0 Å². The van der Waals surface area contributed by atoms with Gasteiger partial charge in [0.1, 0.15) is 6.17 Å². The maximum atomic E-state index is 14.1. The van der Waals surface area contributed by atoms with Gasteiger partial charge in [-0.3, -0.25) is 0 Å². The first-order valence-corrected chi connectivity index (χ1v) is 6.19. The van der Waals surface area contributed by atoms with E-state index in [2.05, 4.69) is 21.2 Å². The molecular formula is C12H15BrFN. The van der Waals surface area contributed by atoms with Crippen LogP contribution in [0.5, 0.6) is 0 Å². The Balaban J connectivity index is 2.05. The van der Waals surface area contributed by atoms with Gasteiger partial charge in [0.25, 0.3) is 0 Å². The number of alkyl halides is 1.